The van der Waals surface area contributed by atoms with Crippen LogP contribution in [0.4, 0.5) is 0 Å². The molecule has 0 fully saturated rings. The first-order chi connectivity index (χ1) is 9.67. The van der Waals surface area contributed by atoms with Gasteiger partial charge >= 0.3 is 0 Å². The molecule has 20 heavy (non-hydrogen) atoms. The summed E-state index contributed by atoms with van der Waals surface area (Å²) in [6, 6.07) is 7.52. The summed E-state index contributed by atoms with van der Waals surface area (Å²) in [6.07, 6.45) is 3.35. The smallest absolute Gasteiger partial charge is 0.236 e. The van der Waals surface area contributed by atoms with Gasteiger partial charge in [0.2, 0.25) is 5.91 Å². The molecule has 0 heterocycles. The largest absolute Gasteiger partial charge is 0.392 e. The number of benzene rings is 1. The van der Waals surface area contributed by atoms with Crippen molar-refractivity contribution in [1.82, 2.24) is 10.6 Å². The van der Waals surface area contributed by atoms with E-state index in [1.807, 2.05) is 31.2 Å². The van der Waals surface area contributed by atoms with Crippen LogP contribution in [0.25, 0.3) is 0 Å². The Bertz CT molecular complexity index is 390. The second kappa shape index (κ2) is 9.50. The Morgan fingerprint density at radius 3 is 2.45 bits per heavy atom. The quantitative estimate of drug-likeness (QED) is 0.605. The van der Waals surface area contributed by atoms with Crippen LogP contribution < -0.4 is 10.6 Å². The van der Waals surface area contributed by atoms with Crippen molar-refractivity contribution in [2.75, 3.05) is 6.54 Å². The zero-order valence-corrected chi connectivity index (χ0v) is 12.5. The van der Waals surface area contributed by atoms with Crippen LogP contribution in [0.2, 0.25) is 0 Å². The van der Waals surface area contributed by atoms with E-state index in [4.69, 9.17) is 5.11 Å². The van der Waals surface area contributed by atoms with Gasteiger partial charge < -0.3 is 15.7 Å². The second-order valence-electron chi connectivity index (χ2n) is 5.08. The van der Waals surface area contributed by atoms with Crippen LogP contribution in [-0.4, -0.2) is 23.6 Å². The van der Waals surface area contributed by atoms with Gasteiger partial charge in [-0.05, 0) is 24.5 Å². The Kier molecular flexibility index (Phi) is 7.92. The number of rotatable bonds is 9. The van der Waals surface area contributed by atoms with E-state index in [0.29, 0.717) is 6.54 Å². The fraction of sp³-hybridized carbons (Fsp3) is 0.562. The van der Waals surface area contributed by atoms with Gasteiger partial charge in [-0.1, -0.05) is 44.0 Å². The van der Waals surface area contributed by atoms with Crippen molar-refractivity contribution in [3.05, 3.63) is 35.4 Å². The molecule has 1 amide bonds. The molecule has 0 saturated carbocycles. The minimum atomic E-state index is -0.200. The first-order valence-corrected chi connectivity index (χ1v) is 7.37. The minimum Gasteiger partial charge on any atom is -0.392 e. The number of carbonyl (C=O) groups excluding carboxylic acids is 1. The predicted molar refractivity (Wildman–Crippen MR) is 81.2 cm³/mol. The fourth-order valence-corrected chi connectivity index (χ4v) is 1.87. The number of carbonyl (C=O) groups is 1. The van der Waals surface area contributed by atoms with E-state index >= 15 is 0 Å². The van der Waals surface area contributed by atoms with Crippen LogP contribution in [0.15, 0.2) is 24.3 Å². The average Bonchev–Trinajstić information content (AvgIpc) is 2.49. The third-order valence-corrected chi connectivity index (χ3v) is 3.29. The summed E-state index contributed by atoms with van der Waals surface area (Å²) in [5, 5.41) is 15.1. The average molecular weight is 278 g/mol. The van der Waals surface area contributed by atoms with Gasteiger partial charge in [-0.15, -0.1) is 0 Å². The standard InChI is InChI=1S/C16H26N2O2/c1-3-4-5-10-17-16(20)13(2)18-11-14-6-8-15(12-19)9-7-14/h6-9,13,18-19H,3-5,10-12H2,1-2H3,(H,17,20). The van der Waals surface area contributed by atoms with Crippen molar-refractivity contribution in [1.29, 1.82) is 0 Å². The summed E-state index contributed by atoms with van der Waals surface area (Å²) >= 11 is 0. The van der Waals surface area contributed by atoms with Gasteiger partial charge in [0.15, 0.2) is 0 Å². The molecule has 0 saturated heterocycles. The van der Waals surface area contributed by atoms with E-state index in [1.165, 1.54) is 0 Å². The fourth-order valence-electron chi connectivity index (χ4n) is 1.87. The number of aliphatic hydroxyl groups excluding tert-OH is 1. The molecule has 112 valence electrons. The molecule has 0 bridgehead atoms. The molecule has 3 N–H and O–H groups in total. The molecule has 1 aromatic carbocycles. The molecule has 1 rings (SSSR count). The van der Waals surface area contributed by atoms with Gasteiger partial charge in [-0.2, -0.15) is 0 Å². The summed E-state index contributed by atoms with van der Waals surface area (Å²) < 4.78 is 0. The Morgan fingerprint density at radius 2 is 1.85 bits per heavy atom. The molecule has 0 aromatic heterocycles. The lowest BCUT2D eigenvalue weighted by atomic mass is 10.1. The molecule has 4 nitrogen and oxygen atoms in total. The predicted octanol–water partition coefficient (Wildman–Crippen LogP) is 1.96. The highest BCUT2D eigenvalue weighted by molar-refractivity contribution is 5.81. The maximum atomic E-state index is 11.8. The maximum Gasteiger partial charge on any atom is 0.236 e. The lowest BCUT2D eigenvalue weighted by Gasteiger charge is -2.14. The van der Waals surface area contributed by atoms with E-state index in [-0.39, 0.29) is 18.6 Å². The van der Waals surface area contributed by atoms with Crippen LogP contribution in [0.5, 0.6) is 0 Å². The molecule has 1 atom stereocenters. The zero-order chi connectivity index (χ0) is 14.8. The van der Waals surface area contributed by atoms with Gasteiger partial charge in [0, 0.05) is 13.1 Å². The van der Waals surface area contributed by atoms with Crippen molar-refractivity contribution in [2.24, 2.45) is 0 Å². The third kappa shape index (κ3) is 6.17. The monoisotopic (exact) mass is 278 g/mol. The van der Waals surface area contributed by atoms with Gasteiger partial charge in [-0.3, -0.25) is 4.79 Å². The number of nitrogens with one attached hydrogen (secondary N) is 2. The normalized spacial score (nSPS) is 12.2. The lowest BCUT2D eigenvalue weighted by Crippen LogP contribution is -2.42. The molecule has 0 spiro atoms. The van der Waals surface area contributed by atoms with Crippen LogP contribution in [-0.2, 0) is 17.9 Å². The van der Waals surface area contributed by atoms with Crippen LogP contribution in [0.3, 0.4) is 0 Å². The van der Waals surface area contributed by atoms with E-state index < -0.39 is 0 Å². The van der Waals surface area contributed by atoms with Gasteiger partial charge in [0.25, 0.3) is 0 Å². The van der Waals surface area contributed by atoms with Gasteiger partial charge in [0.05, 0.1) is 12.6 Å². The summed E-state index contributed by atoms with van der Waals surface area (Å²) in [5.41, 5.74) is 2.00. The molecule has 1 unspecified atom stereocenters. The SMILES string of the molecule is CCCCCNC(=O)C(C)NCc1ccc(CO)cc1. The van der Waals surface area contributed by atoms with E-state index in [0.717, 1.165) is 36.9 Å². The third-order valence-electron chi connectivity index (χ3n) is 3.29. The van der Waals surface area contributed by atoms with Crippen molar-refractivity contribution >= 4 is 5.91 Å². The zero-order valence-electron chi connectivity index (χ0n) is 12.5. The number of unbranched alkanes of at least 4 members (excludes halogenated alkanes) is 2. The van der Waals surface area contributed by atoms with Crippen LogP contribution in [0.1, 0.15) is 44.2 Å². The number of hydrogen-bond donors (Lipinski definition) is 3. The first kappa shape index (κ1) is 16.7. The first-order valence-electron chi connectivity index (χ1n) is 7.37. The Balaban J connectivity index is 2.27. The van der Waals surface area contributed by atoms with Crippen molar-refractivity contribution in [2.45, 2.75) is 52.3 Å². The Morgan fingerprint density at radius 1 is 1.20 bits per heavy atom. The molecule has 0 aliphatic heterocycles. The van der Waals surface area contributed by atoms with E-state index in [9.17, 15) is 4.79 Å². The second-order valence-corrected chi connectivity index (χ2v) is 5.08. The van der Waals surface area contributed by atoms with E-state index in [1.54, 1.807) is 0 Å². The van der Waals surface area contributed by atoms with E-state index in [2.05, 4.69) is 17.6 Å². The van der Waals surface area contributed by atoms with Crippen molar-refractivity contribution in [3.8, 4) is 0 Å². The molecule has 0 radical (unpaired) electrons. The molecular formula is C16H26N2O2. The molecular weight excluding hydrogens is 252 g/mol. The number of amides is 1. The highest BCUT2D eigenvalue weighted by Crippen LogP contribution is 2.04. The lowest BCUT2D eigenvalue weighted by molar-refractivity contribution is -0.122. The number of hydrogen-bond acceptors (Lipinski definition) is 3. The van der Waals surface area contributed by atoms with Crippen LogP contribution in [0, 0.1) is 0 Å². The van der Waals surface area contributed by atoms with Crippen molar-refractivity contribution < 1.29 is 9.90 Å². The Labute approximate surface area is 121 Å². The summed E-state index contributed by atoms with van der Waals surface area (Å²) in [7, 11) is 0. The summed E-state index contributed by atoms with van der Waals surface area (Å²) in [4.78, 5) is 11.8. The summed E-state index contributed by atoms with van der Waals surface area (Å²) in [5.74, 6) is 0.0491. The van der Waals surface area contributed by atoms with Crippen LogP contribution >= 0.6 is 0 Å². The summed E-state index contributed by atoms with van der Waals surface area (Å²) in [6.45, 7) is 5.48. The Hall–Kier alpha value is -1.39. The minimum absolute atomic E-state index is 0.0491. The topological polar surface area (TPSA) is 61.4 Å². The van der Waals surface area contributed by atoms with Crippen molar-refractivity contribution in [3.63, 3.8) is 0 Å². The highest BCUT2D eigenvalue weighted by Gasteiger charge is 2.10. The molecule has 0 aliphatic rings. The van der Waals surface area contributed by atoms with Gasteiger partial charge in [-0.25, -0.2) is 0 Å². The molecule has 1 aromatic rings. The molecule has 4 heteroatoms. The number of aliphatic hydroxyl groups is 1. The molecule has 0 aliphatic carbocycles. The van der Waals surface area contributed by atoms with Gasteiger partial charge in [0.1, 0.15) is 0 Å². The highest BCUT2D eigenvalue weighted by atomic mass is 16.3. The maximum absolute atomic E-state index is 11.8.